The number of nitrogens with zero attached hydrogens (tertiary/aromatic N) is 1. The Morgan fingerprint density at radius 1 is 1.39 bits per heavy atom. The maximum Gasteiger partial charge on any atom is 0.413 e. The summed E-state index contributed by atoms with van der Waals surface area (Å²) in [5, 5.41) is 0. The van der Waals surface area contributed by atoms with Gasteiger partial charge in [-0.1, -0.05) is 19.4 Å². The van der Waals surface area contributed by atoms with Crippen molar-refractivity contribution in [3.8, 4) is 0 Å². The van der Waals surface area contributed by atoms with E-state index in [2.05, 4.69) is 11.3 Å². The Morgan fingerprint density at radius 3 is 2.67 bits per heavy atom. The third-order valence-electron chi connectivity index (χ3n) is 2.12. The largest absolute Gasteiger partial charge is 0.462 e. The van der Waals surface area contributed by atoms with Gasteiger partial charge in [-0.3, -0.25) is 4.90 Å². The van der Waals surface area contributed by atoms with E-state index < -0.39 is 12.1 Å². The average Bonchev–Trinajstić information content (AvgIpc) is 2.38. The predicted molar refractivity (Wildman–Crippen MR) is 68.9 cm³/mol. The molecule has 0 saturated carbocycles. The third-order valence-corrected chi connectivity index (χ3v) is 2.12. The van der Waals surface area contributed by atoms with Crippen LogP contribution >= 0.6 is 0 Å². The standard InChI is InChI=1S/C13H21NO4/c1-4-6-9-14(13(16)17-3)10-8-12(15)18-11-7-5-2/h4,8,10H,1,5-7,9,11H2,2-3H3/b10-8+. The molecule has 0 fully saturated rings. The molecule has 0 aromatic heterocycles. The molecule has 0 spiro atoms. The molecule has 0 N–H and O–H groups in total. The van der Waals surface area contributed by atoms with Crippen molar-refractivity contribution in [3.05, 3.63) is 24.9 Å². The summed E-state index contributed by atoms with van der Waals surface area (Å²) in [6.07, 6.45) is 6.16. The topological polar surface area (TPSA) is 55.8 Å². The van der Waals surface area contributed by atoms with Gasteiger partial charge in [-0.15, -0.1) is 6.58 Å². The molecular weight excluding hydrogens is 234 g/mol. The van der Waals surface area contributed by atoms with Crippen LogP contribution in [0.25, 0.3) is 0 Å². The van der Waals surface area contributed by atoms with Crippen LogP contribution in [0.2, 0.25) is 0 Å². The number of rotatable bonds is 8. The first-order valence-corrected chi connectivity index (χ1v) is 5.96. The second-order valence-corrected chi connectivity index (χ2v) is 3.58. The van der Waals surface area contributed by atoms with E-state index in [1.807, 2.05) is 6.92 Å². The van der Waals surface area contributed by atoms with Crippen molar-refractivity contribution in [2.45, 2.75) is 26.2 Å². The summed E-state index contributed by atoms with van der Waals surface area (Å²) in [5.74, 6) is -0.462. The van der Waals surface area contributed by atoms with E-state index in [9.17, 15) is 9.59 Å². The molecule has 0 unspecified atom stereocenters. The molecule has 0 aromatic rings. The second-order valence-electron chi connectivity index (χ2n) is 3.58. The summed E-state index contributed by atoms with van der Waals surface area (Å²) in [7, 11) is 1.29. The first-order chi connectivity index (χ1) is 8.65. The Hall–Kier alpha value is -1.78. The second kappa shape index (κ2) is 10.4. The Kier molecular flexibility index (Phi) is 9.35. The van der Waals surface area contributed by atoms with Crippen molar-refractivity contribution >= 4 is 12.1 Å². The van der Waals surface area contributed by atoms with Crippen molar-refractivity contribution in [2.24, 2.45) is 0 Å². The van der Waals surface area contributed by atoms with Crippen molar-refractivity contribution in [3.63, 3.8) is 0 Å². The van der Waals surface area contributed by atoms with E-state index in [0.29, 0.717) is 19.6 Å². The van der Waals surface area contributed by atoms with E-state index in [4.69, 9.17) is 4.74 Å². The molecule has 0 atom stereocenters. The van der Waals surface area contributed by atoms with Gasteiger partial charge < -0.3 is 9.47 Å². The minimum absolute atomic E-state index is 0.393. The molecule has 0 aromatic carbocycles. The highest BCUT2D eigenvalue weighted by atomic mass is 16.5. The summed E-state index contributed by atoms with van der Waals surface area (Å²) in [4.78, 5) is 24.0. The van der Waals surface area contributed by atoms with E-state index in [1.54, 1.807) is 6.08 Å². The molecule has 0 heterocycles. The van der Waals surface area contributed by atoms with Crippen molar-refractivity contribution in [1.29, 1.82) is 0 Å². The molecule has 0 aliphatic carbocycles. The lowest BCUT2D eigenvalue weighted by atomic mass is 10.4. The molecule has 5 nitrogen and oxygen atoms in total. The van der Waals surface area contributed by atoms with Crippen LogP contribution in [-0.2, 0) is 14.3 Å². The van der Waals surface area contributed by atoms with Gasteiger partial charge in [-0.05, 0) is 12.8 Å². The lowest BCUT2D eigenvalue weighted by molar-refractivity contribution is -0.137. The fraction of sp³-hybridized carbons (Fsp3) is 0.538. The average molecular weight is 255 g/mol. The zero-order valence-corrected chi connectivity index (χ0v) is 11.1. The quantitative estimate of drug-likeness (QED) is 0.289. The summed E-state index contributed by atoms with van der Waals surface area (Å²) in [5.41, 5.74) is 0. The molecule has 0 saturated heterocycles. The Morgan fingerprint density at radius 2 is 2.11 bits per heavy atom. The highest BCUT2D eigenvalue weighted by molar-refractivity contribution is 5.82. The number of amides is 1. The first kappa shape index (κ1) is 16.2. The molecule has 5 heteroatoms. The molecule has 102 valence electrons. The van der Waals surface area contributed by atoms with Gasteiger partial charge in [0.1, 0.15) is 0 Å². The van der Waals surface area contributed by atoms with E-state index in [-0.39, 0.29) is 0 Å². The van der Waals surface area contributed by atoms with Crippen LogP contribution < -0.4 is 0 Å². The maximum atomic E-state index is 11.4. The molecule has 1 amide bonds. The summed E-state index contributed by atoms with van der Waals surface area (Å²) in [6, 6.07) is 0. The lowest BCUT2D eigenvalue weighted by Crippen LogP contribution is -2.26. The molecule has 0 aliphatic rings. The SMILES string of the molecule is C=CCCN(/C=C/C(=O)OCCCC)C(=O)OC. The van der Waals surface area contributed by atoms with Gasteiger partial charge in [0.25, 0.3) is 0 Å². The van der Waals surface area contributed by atoms with Crippen molar-refractivity contribution in [2.75, 3.05) is 20.3 Å². The van der Waals surface area contributed by atoms with Gasteiger partial charge >= 0.3 is 12.1 Å². The Balaban J connectivity index is 4.23. The zero-order valence-electron chi connectivity index (χ0n) is 11.1. The van der Waals surface area contributed by atoms with Crippen LogP contribution in [0, 0.1) is 0 Å². The van der Waals surface area contributed by atoms with Gasteiger partial charge in [-0.2, -0.15) is 0 Å². The van der Waals surface area contributed by atoms with E-state index in [0.717, 1.165) is 12.8 Å². The van der Waals surface area contributed by atoms with Gasteiger partial charge in [-0.25, -0.2) is 9.59 Å². The number of carbonyl (C=O) groups is 2. The highest BCUT2D eigenvalue weighted by Crippen LogP contribution is 1.98. The van der Waals surface area contributed by atoms with Crippen LogP contribution in [0.3, 0.4) is 0 Å². The fourth-order valence-corrected chi connectivity index (χ4v) is 1.09. The molecule has 18 heavy (non-hydrogen) atoms. The van der Waals surface area contributed by atoms with Crippen LogP contribution in [0.4, 0.5) is 4.79 Å². The lowest BCUT2D eigenvalue weighted by Gasteiger charge is -2.15. The van der Waals surface area contributed by atoms with Crippen LogP contribution in [0.5, 0.6) is 0 Å². The Bertz CT molecular complexity index is 299. The number of esters is 1. The third kappa shape index (κ3) is 7.49. The number of carbonyl (C=O) groups excluding carboxylic acids is 2. The fourth-order valence-electron chi connectivity index (χ4n) is 1.09. The summed E-state index contributed by atoms with van der Waals surface area (Å²) >= 11 is 0. The smallest absolute Gasteiger partial charge is 0.413 e. The summed E-state index contributed by atoms with van der Waals surface area (Å²) < 4.78 is 9.52. The molecule has 0 rings (SSSR count). The van der Waals surface area contributed by atoms with Gasteiger partial charge in [0.15, 0.2) is 0 Å². The van der Waals surface area contributed by atoms with Crippen molar-refractivity contribution < 1.29 is 19.1 Å². The van der Waals surface area contributed by atoms with Gasteiger partial charge in [0.05, 0.1) is 13.7 Å². The number of hydrogen-bond donors (Lipinski definition) is 0. The normalized spacial score (nSPS) is 10.1. The number of hydrogen-bond acceptors (Lipinski definition) is 4. The van der Waals surface area contributed by atoms with Crippen LogP contribution in [-0.4, -0.2) is 37.2 Å². The number of unbranched alkanes of at least 4 members (excludes halogenated alkanes) is 1. The van der Waals surface area contributed by atoms with Crippen LogP contribution in [0.15, 0.2) is 24.9 Å². The Labute approximate surface area is 108 Å². The minimum Gasteiger partial charge on any atom is -0.462 e. The molecule has 0 bridgehead atoms. The van der Waals surface area contributed by atoms with Gasteiger partial charge in [0.2, 0.25) is 0 Å². The van der Waals surface area contributed by atoms with E-state index >= 15 is 0 Å². The molecule has 0 aliphatic heterocycles. The van der Waals surface area contributed by atoms with Gasteiger partial charge in [0, 0.05) is 18.8 Å². The molecular formula is C13H21NO4. The first-order valence-electron chi connectivity index (χ1n) is 5.96. The summed E-state index contributed by atoms with van der Waals surface area (Å²) in [6.45, 7) is 6.39. The predicted octanol–water partition coefficient (Wildman–Crippen LogP) is 2.49. The zero-order chi connectivity index (χ0) is 13.8. The minimum atomic E-state index is -0.519. The van der Waals surface area contributed by atoms with E-state index in [1.165, 1.54) is 24.3 Å². The number of ether oxygens (including phenoxy) is 2. The highest BCUT2D eigenvalue weighted by Gasteiger charge is 2.09. The number of methoxy groups -OCH3 is 1. The van der Waals surface area contributed by atoms with Crippen LogP contribution in [0.1, 0.15) is 26.2 Å². The monoisotopic (exact) mass is 255 g/mol. The maximum absolute atomic E-state index is 11.4. The molecule has 0 radical (unpaired) electrons. The van der Waals surface area contributed by atoms with Crippen molar-refractivity contribution in [1.82, 2.24) is 4.90 Å².